The van der Waals surface area contributed by atoms with Crippen LogP contribution in [0.25, 0.3) is 21.9 Å². The third kappa shape index (κ3) is 4.77. The molecular formula is C27H23Cl2N3O5. The van der Waals surface area contributed by atoms with E-state index in [1.54, 1.807) is 38.2 Å². The van der Waals surface area contributed by atoms with Crippen LogP contribution in [0.2, 0.25) is 10.0 Å². The van der Waals surface area contributed by atoms with Crippen molar-refractivity contribution in [3.05, 3.63) is 102 Å². The van der Waals surface area contributed by atoms with Gasteiger partial charge in [-0.2, -0.15) is 0 Å². The lowest BCUT2D eigenvalue weighted by molar-refractivity contribution is -0.139. The molecule has 1 atom stereocenters. The van der Waals surface area contributed by atoms with Gasteiger partial charge in [0.1, 0.15) is 6.04 Å². The first-order valence-electron chi connectivity index (χ1n) is 11.3. The van der Waals surface area contributed by atoms with Gasteiger partial charge in [-0.15, -0.1) is 0 Å². The van der Waals surface area contributed by atoms with Gasteiger partial charge in [0.2, 0.25) is 0 Å². The highest BCUT2D eigenvalue weighted by molar-refractivity contribution is 6.39. The van der Waals surface area contributed by atoms with Crippen LogP contribution >= 0.6 is 23.2 Å². The lowest BCUT2D eigenvalue weighted by Gasteiger charge is -2.19. The molecule has 4 aromatic rings. The second kappa shape index (κ2) is 10.2. The molecule has 0 unspecified atom stereocenters. The summed E-state index contributed by atoms with van der Waals surface area (Å²) in [5.74, 6) is -1.93. The molecule has 1 heterocycles. The fourth-order valence-electron chi connectivity index (χ4n) is 4.38. The summed E-state index contributed by atoms with van der Waals surface area (Å²) in [6.07, 6.45) is -0.0335. The molecule has 0 aliphatic carbocycles. The van der Waals surface area contributed by atoms with Gasteiger partial charge < -0.3 is 15.0 Å². The zero-order valence-corrected chi connectivity index (χ0v) is 21.7. The third-order valence-corrected chi connectivity index (χ3v) is 7.09. The van der Waals surface area contributed by atoms with Gasteiger partial charge in [-0.05, 0) is 41.0 Å². The molecule has 0 radical (unpaired) electrons. The van der Waals surface area contributed by atoms with Crippen molar-refractivity contribution in [1.29, 1.82) is 0 Å². The summed E-state index contributed by atoms with van der Waals surface area (Å²) < 4.78 is 2.47. The molecule has 1 aromatic heterocycles. The van der Waals surface area contributed by atoms with Gasteiger partial charge in [-0.1, -0.05) is 65.7 Å². The van der Waals surface area contributed by atoms with Crippen LogP contribution in [0, 0.1) is 6.92 Å². The zero-order chi connectivity index (χ0) is 27.0. The number of nitrogens with one attached hydrogen (secondary N) is 1. The maximum atomic E-state index is 13.1. The molecule has 10 heteroatoms. The number of fused-ring (bicyclic) bond motifs is 1. The Balaban J connectivity index is 1.79. The van der Waals surface area contributed by atoms with E-state index in [1.165, 1.54) is 23.7 Å². The number of carbonyl (C=O) groups is 2. The Kier molecular flexibility index (Phi) is 7.25. The second-order valence-corrected chi connectivity index (χ2v) is 9.46. The minimum Gasteiger partial charge on any atom is -0.480 e. The van der Waals surface area contributed by atoms with Crippen molar-refractivity contribution in [2.75, 3.05) is 0 Å². The number of hydrogen-bond acceptors (Lipinski definition) is 4. The number of aromatic nitrogens is 2. The van der Waals surface area contributed by atoms with E-state index in [-0.39, 0.29) is 22.0 Å². The predicted octanol–water partition coefficient (Wildman–Crippen LogP) is 3.95. The van der Waals surface area contributed by atoms with E-state index in [0.717, 1.165) is 4.57 Å². The maximum absolute atomic E-state index is 13.1. The monoisotopic (exact) mass is 539 g/mol. The van der Waals surface area contributed by atoms with Crippen molar-refractivity contribution in [3.63, 3.8) is 0 Å². The molecule has 0 spiro atoms. The quantitative estimate of drug-likeness (QED) is 0.385. The highest BCUT2D eigenvalue weighted by Gasteiger charge is 2.25. The SMILES string of the molecule is Cc1c(-c2ccc(C[C@H](NC(=O)c3c(Cl)cccc3Cl)C(=O)O)c3ccccc23)c(=O)n(C)c(=O)n1C. The van der Waals surface area contributed by atoms with Gasteiger partial charge in [0.15, 0.2) is 0 Å². The van der Waals surface area contributed by atoms with E-state index in [4.69, 9.17) is 23.2 Å². The van der Waals surface area contributed by atoms with Crippen LogP contribution in [0.15, 0.2) is 64.2 Å². The minimum absolute atomic E-state index is 0.00157. The Labute approximate surface area is 221 Å². The van der Waals surface area contributed by atoms with Crippen LogP contribution in [-0.2, 0) is 25.3 Å². The Morgan fingerprint density at radius 1 is 0.919 bits per heavy atom. The normalized spacial score (nSPS) is 11.9. The minimum atomic E-state index is -1.28. The summed E-state index contributed by atoms with van der Waals surface area (Å²) in [6.45, 7) is 1.71. The Morgan fingerprint density at radius 3 is 2.16 bits per heavy atom. The molecule has 0 saturated heterocycles. The average Bonchev–Trinajstić information content (AvgIpc) is 2.86. The summed E-state index contributed by atoms with van der Waals surface area (Å²) in [6, 6.07) is 14.0. The first-order chi connectivity index (χ1) is 17.5. The Hall–Kier alpha value is -3.88. The van der Waals surface area contributed by atoms with E-state index >= 15 is 0 Å². The van der Waals surface area contributed by atoms with Gasteiger partial charge in [0.05, 0.1) is 21.2 Å². The van der Waals surface area contributed by atoms with E-state index in [9.17, 15) is 24.3 Å². The molecule has 0 saturated carbocycles. The predicted molar refractivity (Wildman–Crippen MR) is 144 cm³/mol. The number of carboxylic acid groups (broad SMARTS) is 1. The van der Waals surface area contributed by atoms with Crippen LogP contribution in [-0.4, -0.2) is 32.2 Å². The molecule has 0 aliphatic rings. The molecule has 1 amide bonds. The van der Waals surface area contributed by atoms with E-state index in [2.05, 4.69) is 5.32 Å². The van der Waals surface area contributed by atoms with Crippen LogP contribution in [0.5, 0.6) is 0 Å². The smallest absolute Gasteiger partial charge is 0.330 e. The number of rotatable bonds is 6. The molecule has 0 fully saturated rings. The lowest BCUT2D eigenvalue weighted by atomic mass is 9.92. The lowest BCUT2D eigenvalue weighted by Crippen LogP contribution is -2.42. The van der Waals surface area contributed by atoms with Gasteiger partial charge in [-0.3, -0.25) is 14.2 Å². The van der Waals surface area contributed by atoms with Crippen molar-refractivity contribution in [1.82, 2.24) is 14.5 Å². The summed E-state index contributed by atoms with van der Waals surface area (Å²) >= 11 is 12.2. The fourth-order valence-corrected chi connectivity index (χ4v) is 4.95. The van der Waals surface area contributed by atoms with E-state index in [0.29, 0.717) is 33.2 Å². The second-order valence-electron chi connectivity index (χ2n) is 8.65. The fraction of sp³-hybridized carbons (Fsp3) is 0.185. The zero-order valence-electron chi connectivity index (χ0n) is 20.2. The van der Waals surface area contributed by atoms with Gasteiger partial charge >= 0.3 is 11.7 Å². The average molecular weight is 540 g/mol. The van der Waals surface area contributed by atoms with Gasteiger partial charge in [0, 0.05) is 26.2 Å². The first kappa shape index (κ1) is 26.2. The highest BCUT2D eigenvalue weighted by atomic mass is 35.5. The Morgan fingerprint density at radius 2 is 1.54 bits per heavy atom. The van der Waals surface area contributed by atoms with Gasteiger partial charge in [0.25, 0.3) is 11.5 Å². The molecule has 8 nitrogen and oxygen atoms in total. The number of benzene rings is 3. The number of nitrogens with zero attached hydrogens (tertiary/aromatic N) is 2. The Bertz CT molecular complexity index is 1670. The summed E-state index contributed by atoms with van der Waals surface area (Å²) in [5, 5.41) is 14.0. The number of carbonyl (C=O) groups excluding carboxylic acids is 1. The molecular weight excluding hydrogens is 517 g/mol. The molecule has 2 N–H and O–H groups in total. The topological polar surface area (TPSA) is 110 Å². The van der Waals surface area contributed by atoms with Crippen LogP contribution in [0.3, 0.4) is 0 Å². The third-order valence-electron chi connectivity index (χ3n) is 6.46. The number of halogens is 2. The van der Waals surface area contributed by atoms with Crippen LogP contribution < -0.4 is 16.6 Å². The number of aliphatic carboxylic acids is 1. The van der Waals surface area contributed by atoms with Crippen molar-refractivity contribution >= 4 is 45.9 Å². The molecule has 3 aromatic carbocycles. The summed E-state index contributed by atoms with van der Waals surface area (Å²) in [7, 11) is 3.03. The van der Waals surface area contributed by atoms with Crippen molar-refractivity contribution in [2.45, 2.75) is 19.4 Å². The maximum Gasteiger partial charge on any atom is 0.330 e. The van der Waals surface area contributed by atoms with Crippen molar-refractivity contribution < 1.29 is 14.7 Å². The van der Waals surface area contributed by atoms with Crippen molar-refractivity contribution in [3.8, 4) is 11.1 Å². The van der Waals surface area contributed by atoms with E-state index < -0.39 is 29.2 Å². The summed E-state index contributed by atoms with van der Waals surface area (Å²) in [5.41, 5.74) is 1.31. The largest absolute Gasteiger partial charge is 0.480 e. The molecule has 0 aliphatic heterocycles. The molecule has 4 rings (SSSR count). The number of amides is 1. The van der Waals surface area contributed by atoms with Gasteiger partial charge in [-0.25, -0.2) is 9.59 Å². The van der Waals surface area contributed by atoms with Crippen molar-refractivity contribution in [2.24, 2.45) is 14.1 Å². The summed E-state index contributed by atoms with van der Waals surface area (Å²) in [4.78, 5) is 50.4. The highest BCUT2D eigenvalue weighted by Crippen LogP contribution is 2.31. The first-order valence-corrected chi connectivity index (χ1v) is 12.0. The van der Waals surface area contributed by atoms with Crippen LogP contribution in [0.1, 0.15) is 21.6 Å². The van der Waals surface area contributed by atoms with E-state index in [1.807, 2.05) is 18.2 Å². The molecule has 37 heavy (non-hydrogen) atoms. The number of carboxylic acids is 1. The van der Waals surface area contributed by atoms with Crippen LogP contribution in [0.4, 0.5) is 0 Å². The molecule has 0 bridgehead atoms. The molecule has 190 valence electrons. The standard InChI is InChI=1S/C27H23Cl2N3O5/c1-14-22(25(34)32(3)27(37)31(14)2)18-12-11-15(16-7-4-5-8-17(16)18)13-21(26(35)36)30-24(33)23-19(28)9-6-10-20(23)29/h4-12,21H,13H2,1-3H3,(H,30,33)(H,35,36)/t21-/m0/s1. The number of hydrogen-bond donors (Lipinski definition) is 2.